The van der Waals surface area contributed by atoms with Crippen LogP contribution in [0.5, 0.6) is 0 Å². The van der Waals surface area contributed by atoms with E-state index in [1.54, 1.807) is 13.8 Å². The van der Waals surface area contributed by atoms with E-state index in [-0.39, 0.29) is 11.9 Å². The Balaban J connectivity index is 2.06. The Labute approximate surface area is 131 Å². The van der Waals surface area contributed by atoms with Crippen LogP contribution in [0.2, 0.25) is 0 Å². The lowest BCUT2D eigenvalue weighted by atomic mass is 10.00. The van der Waals surface area contributed by atoms with Gasteiger partial charge in [0.2, 0.25) is 0 Å². The van der Waals surface area contributed by atoms with E-state index in [0.717, 1.165) is 12.0 Å². The van der Waals surface area contributed by atoms with Gasteiger partial charge < -0.3 is 9.84 Å². The van der Waals surface area contributed by atoms with Crippen molar-refractivity contribution < 1.29 is 9.32 Å². The van der Waals surface area contributed by atoms with Gasteiger partial charge in [-0.15, -0.1) is 0 Å². The molecule has 0 saturated heterocycles. The van der Waals surface area contributed by atoms with Crippen LogP contribution >= 0.6 is 0 Å². The third-order valence-corrected chi connectivity index (χ3v) is 3.73. The zero-order valence-electron chi connectivity index (χ0n) is 13.9. The Kier molecular flexibility index (Phi) is 5.01. The number of carbonyl (C=O) groups is 1. The molecule has 0 fully saturated rings. The number of carbonyl (C=O) groups excluding carboxylic acids is 1. The first-order valence-corrected chi connectivity index (χ1v) is 7.71. The van der Waals surface area contributed by atoms with Crippen molar-refractivity contribution in [2.24, 2.45) is 5.92 Å². The minimum Gasteiger partial charge on any atom is -0.361 e. The molecule has 0 spiro atoms. The molecule has 4 nitrogen and oxygen atoms in total. The molecule has 0 bridgehead atoms. The van der Waals surface area contributed by atoms with Gasteiger partial charge in [0, 0.05) is 0 Å². The molecule has 1 heterocycles. The molecule has 4 heteroatoms. The highest BCUT2D eigenvalue weighted by Crippen LogP contribution is 2.18. The number of hydrogen-bond donors (Lipinski definition) is 1. The first-order valence-electron chi connectivity index (χ1n) is 7.71. The highest BCUT2D eigenvalue weighted by molar-refractivity contribution is 5.96. The molecular weight excluding hydrogens is 276 g/mol. The van der Waals surface area contributed by atoms with Gasteiger partial charge in [0.05, 0.1) is 11.7 Å². The van der Waals surface area contributed by atoms with E-state index < -0.39 is 0 Å². The van der Waals surface area contributed by atoms with E-state index in [9.17, 15) is 4.79 Å². The molecule has 1 atom stereocenters. The number of nitrogens with one attached hydrogen (secondary N) is 1. The van der Waals surface area contributed by atoms with Crippen LogP contribution < -0.4 is 5.32 Å². The van der Waals surface area contributed by atoms with Crippen LogP contribution in [0.4, 0.5) is 0 Å². The van der Waals surface area contributed by atoms with Crippen LogP contribution in [0.25, 0.3) is 0 Å². The second-order valence-electron chi connectivity index (χ2n) is 6.23. The average Bonchev–Trinajstić information content (AvgIpc) is 2.78. The van der Waals surface area contributed by atoms with Crippen molar-refractivity contribution in [1.82, 2.24) is 10.5 Å². The van der Waals surface area contributed by atoms with Crippen LogP contribution in [-0.4, -0.2) is 11.1 Å². The molecule has 0 unspecified atom stereocenters. The number of aryl methyl sites for hydroxylation is 2. The van der Waals surface area contributed by atoms with E-state index in [1.165, 1.54) is 5.56 Å². The fraction of sp³-hybridized carbons (Fsp3) is 0.444. The Morgan fingerprint density at radius 1 is 1.18 bits per heavy atom. The summed E-state index contributed by atoms with van der Waals surface area (Å²) in [5, 5.41) is 6.82. The SMILES string of the molecule is Cc1noc(C)c1C(=O)N[C@H](C)c1ccc(CC(C)C)cc1. The van der Waals surface area contributed by atoms with Crippen LogP contribution in [0.3, 0.4) is 0 Å². The van der Waals surface area contributed by atoms with Crippen LogP contribution in [0.1, 0.15) is 59.8 Å². The summed E-state index contributed by atoms with van der Waals surface area (Å²) in [5.41, 5.74) is 3.56. The van der Waals surface area contributed by atoms with Crippen LogP contribution in [0, 0.1) is 19.8 Å². The molecule has 1 N–H and O–H groups in total. The summed E-state index contributed by atoms with van der Waals surface area (Å²) in [6.45, 7) is 9.92. The average molecular weight is 300 g/mol. The number of nitrogens with zero attached hydrogens (tertiary/aromatic N) is 1. The lowest BCUT2D eigenvalue weighted by Gasteiger charge is -2.15. The molecule has 118 valence electrons. The molecule has 0 aliphatic heterocycles. The predicted molar refractivity (Wildman–Crippen MR) is 86.8 cm³/mol. The molecule has 1 amide bonds. The standard InChI is InChI=1S/C18H24N2O2/c1-11(2)10-15-6-8-16(9-7-15)12(3)19-18(21)17-13(4)20-22-14(17)5/h6-9,11-12H,10H2,1-5H3,(H,19,21)/t12-/m1/s1. The Morgan fingerprint density at radius 3 is 2.32 bits per heavy atom. The van der Waals surface area contributed by atoms with E-state index in [2.05, 4.69) is 48.6 Å². The first-order chi connectivity index (χ1) is 10.4. The van der Waals surface area contributed by atoms with Crippen molar-refractivity contribution in [3.8, 4) is 0 Å². The van der Waals surface area contributed by atoms with Crippen molar-refractivity contribution in [1.29, 1.82) is 0 Å². The van der Waals surface area contributed by atoms with Gasteiger partial charge in [0.1, 0.15) is 11.3 Å². The van der Waals surface area contributed by atoms with Crippen molar-refractivity contribution >= 4 is 5.91 Å². The fourth-order valence-corrected chi connectivity index (χ4v) is 2.57. The van der Waals surface area contributed by atoms with Crippen molar-refractivity contribution in [3.63, 3.8) is 0 Å². The quantitative estimate of drug-likeness (QED) is 0.908. The van der Waals surface area contributed by atoms with Crippen LogP contribution in [-0.2, 0) is 6.42 Å². The highest BCUT2D eigenvalue weighted by Gasteiger charge is 2.19. The molecule has 0 aliphatic carbocycles. The monoisotopic (exact) mass is 300 g/mol. The maximum Gasteiger partial charge on any atom is 0.257 e. The summed E-state index contributed by atoms with van der Waals surface area (Å²) in [7, 11) is 0. The summed E-state index contributed by atoms with van der Waals surface area (Å²) < 4.78 is 5.05. The second kappa shape index (κ2) is 6.77. The van der Waals surface area contributed by atoms with Crippen molar-refractivity contribution in [2.75, 3.05) is 0 Å². The number of rotatable bonds is 5. The third-order valence-electron chi connectivity index (χ3n) is 3.73. The van der Waals surface area contributed by atoms with Gasteiger partial charge in [0.25, 0.3) is 5.91 Å². The molecule has 0 saturated carbocycles. The van der Waals surface area contributed by atoms with Gasteiger partial charge in [-0.1, -0.05) is 43.3 Å². The van der Waals surface area contributed by atoms with E-state index >= 15 is 0 Å². The minimum atomic E-state index is -0.144. The fourth-order valence-electron chi connectivity index (χ4n) is 2.57. The maximum atomic E-state index is 12.3. The first kappa shape index (κ1) is 16.3. The number of benzene rings is 1. The van der Waals surface area contributed by atoms with Crippen molar-refractivity contribution in [3.05, 3.63) is 52.4 Å². The Morgan fingerprint density at radius 2 is 1.82 bits per heavy atom. The van der Waals surface area contributed by atoms with Gasteiger partial charge >= 0.3 is 0 Å². The number of hydrogen-bond acceptors (Lipinski definition) is 3. The van der Waals surface area contributed by atoms with Crippen LogP contribution in [0.15, 0.2) is 28.8 Å². The maximum absolute atomic E-state index is 12.3. The third kappa shape index (κ3) is 3.75. The summed E-state index contributed by atoms with van der Waals surface area (Å²) in [6, 6.07) is 8.36. The molecule has 0 aliphatic rings. The van der Waals surface area contributed by atoms with E-state index in [0.29, 0.717) is 22.9 Å². The Bertz CT molecular complexity index is 622. The molecule has 2 rings (SSSR count). The van der Waals surface area contributed by atoms with Gasteiger partial charge in [0.15, 0.2) is 0 Å². The highest BCUT2D eigenvalue weighted by atomic mass is 16.5. The zero-order valence-corrected chi connectivity index (χ0v) is 13.9. The largest absolute Gasteiger partial charge is 0.361 e. The summed E-state index contributed by atoms with van der Waals surface area (Å²) in [4.78, 5) is 12.3. The van der Waals surface area contributed by atoms with Gasteiger partial charge in [-0.3, -0.25) is 4.79 Å². The normalized spacial score (nSPS) is 12.5. The lowest BCUT2D eigenvalue weighted by molar-refractivity contribution is 0.0938. The molecule has 22 heavy (non-hydrogen) atoms. The zero-order chi connectivity index (χ0) is 16.3. The molecule has 2 aromatic rings. The van der Waals surface area contributed by atoms with E-state index in [1.807, 2.05) is 6.92 Å². The summed E-state index contributed by atoms with van der Waals surface area (Å²) in [5.74, 6) is 1.05. The molecule has 1 aromatic heterocycles. The van der Waals surface area contributed by atoms with Gasteiger partial charge in [-0.05, 0) is 44.2 Å². The second-order valence-corrected chi connectivity index (χ2v) is 6.23. The molecule has 0 radical (unpaired) electrons. The van der Waals surface area contributed by atoms with Gasteiger partial charge in [-0.2, -0.15) is 0 Å². The summed E-state index contributed by atoms with van der Waals surface area (Å²) >= 11 is 0. The van der Waals surface area contributed by atoms with Crippen molar-refractivity contribution in [2.45, 2.75) is 47.1 Å². The van der Waals surface area contributed by atoms with Gasteiger partial charge in [-0.25, -0.2) is 0 Å². The lowest BCUT2D eigenvalue weighted by Crippen LogP contribution is -2.27. The summed E-state index contributed by atoms with van der Waals surface area (Å²) in [6.07, 6.45) is 1.07. The molecular formula is C18H24N2O2. The molecule has 1 aromatic carbocycles. The van der Waals surface area contributed by atoms with E-state index in [4.69, 9.17) is 4.52 Å². The number of aromatic nitrogens is 1. The predicted octanol–water partition coefficient (Wildman–Crippen LogP) is 3.98. The minimum absolute atomic E-state index is 0.0608. The smallest absolute Gasteiger partial charge is 0.257 e. The Hall–Kier alpha value is -2.10. The topological polar surface area (TPSA) is 55.1 Å². The number of amides is 1.